The van der Waals surface area contributed by atoms with Gasteiger partial charge < -0.3 is 20.3 Å². The van der Waals surface area contributed by atoms with Gasteiger partial charge in [-0.05, 0) is 42.9 Å². The average molecular weight is 279 g/mol. The molecule has 0 saturated heterocycles. The maximum atomic E-state index is 12.1. The molecule has 1 fully saturated rings. The minimum Gasteiger partial charge on any atom is -0.507 e. The van der Waals surface area contributed by atoms with Gasteiger partial charge in [0, 0.05) is 13.2 Å². The van der Waals surface area contributed by atoms with Gasteiger partial charge in [-0.2, -0.15) is 0 Å². The van der Waals surface area contributed by atoms with E-state index in [9.17, 15) is 15.0 Å². The molecule has 0 bridgehead atoms. The third kappa shape index (κ3) is 3.22. The molecule has 0 spiro atoms. The lowest BCUT2D eigenvalue weighted by atomic mass is 9.97. The van der Waals surface area contributed by atoms with Crippen LogP contribution in [0.4, 0.5) is 0 Å². The van der Waals surface area contributed by atoms with Crippen molar-refractivity contribution in [2.75, 3.05) is 20.3 Å². The van der Waals surface area contributed by atoms with E-state index in [1.165, 1.54) is 19.2 Å². The zero-order valence-corrected chi connectivity index (χ0v) is 11.6. The number of carbonyl (C=O) groups excluding carboxylic acids is 1. The van der Waals surface area contributed by atoms with Gasteiger partial charge in [-0.25, -0.2) is 0 Å². The van der Waals surface area contributed by atoms with E-state index in [1.807, 2.05) is 0 Å². The second-order valence-electron chi connectivity index (χ2n) is 5.23. The molecule has 0 aromatic heterocycles. The number of phenolic OH excluding ortho intramolecular Hbond substituents is 1. The van der Waals surface area contributed by atoms with Crippen LogP contribution in [0.15, 0.2) is 18.2 Å². The van der Waals surface area contributed by atoms with Gasteiger partial charge in [-0.3, -0.25) is 4.79 Å². The summed E-state index contributed by atoms with van der Waals surface area (Å²) in [7, 11) is 1.51. The summed E-state index contributed by atoms with van der Waals surface area (Å²) >= 11 is 0. The molecule has 5 heteroatoms. The van der Waals surface area contributed by atoms with Crippen LogP contribution in [-0.4, -0.2) is 36.4 Å². The van der Waals surface area contributed by atoms with Crippen molar-refractivity contribution < 1.29 is 19.7 Å². The summed E-state index contributed by atoms with van der Waals surface area (Å²) in [6, 6.07) is 4.56. The van der Waals surface area contributed by atoms with Crippen LogP contribution < -0.4 is 10.1 Å². The number of benzene rings is 1. The van der Waals surface area contributed by atoms with E-state index in [-0.39, 0.29) is 29.7 Å². The van der Waals surface area contributed by atoms with Gasteiger partial charge in [0.25, 0.3) is 5.91 Å². The number of rotatable bonds is 5. The molecule has 2 rings (SSSR count). The molecule has 2 unspecified atom stereocenters. The molecular formula is C15H21NO4. The number of aliphatic hydroxyl groups excluding tert-OH is 1. The van der Waals surface area contributed by atoms with E-state index in [0.29, 0.717) is 18.2 Å². The molecule has 1 aliphatic rings. The summed E-state index contributed by atoms with van der Waals surface area (Å²) in [5.41, 5.74) is 0.211. The third-order valence-electron chi connectivity index (χ3n) is 4.02. The molecule has 1 aromatic rings. The molecule has 20 heavy (non-hydrogen) atoms. The number of amides is 1. The Hall–Kier alpha value is -1.75. The van der Waals surface area contributed by atoms with Gasteiger partial charge in [-0.1, -0.05) is 6.42 Å². The number of nitrogens with one attached hydrogen (secondary N) is 1. The van der Waals surface area contributed by atoms with Gasteiger partial charge in [0.1, 0.15) is 11.5 Å². The highest BCUT2D eigenvalue weighted by Crippen LogP contribution is 2.31. The maximum absolute atomic E-state index is 12.1. The minimum atomic E-state index is -0.315. The normalized spacial score (nSPS) is 21.7. The molecule has 1 aliphatic carbocycles. The van der Waals surface area contributed by atoms with Gasteiger partial charge in [0.05, 0.1) is 12.7 Å². The molecule has 0 aliphatic heterocycles. The number of methoxy groups -OCH3 is 1. The van der Waals surface area contributed by atoms with Crippen molar-refractivity contribution >= 4 is 5.91 Å². The van der Waals surface area contributed by atoms with Crippen LogP contribution in [0.25, 0.3) is 0 Å². The number of phenols is 1. The zero-order chi connectivity index (χ0) is 14.5. The van der Waals surface area contributed by atoms with Crippen molar-refractivity contribution in [1.82, 2.24) is 5.32 Å². The van der Waals surface area contributed by atoms with Crippen LogP contribution >= 0.6 is 0 Å². The summed E-state index contributed by atoms with van der Waals surface area (Å²) in [4.78, 5) is 12.1. The maximum Gasteiger partial charge on any atom is 0.255 e. The smallest absolute Gasteiger partial charge is 0.255 e. The highest BCUT2D eigenvalue weighted by Gasteiger charge is 2.27. The third-order valence-corrected chi connectivity index (χ3v) is 4.02. The van der Waals surface area contributed by atoms with Gasteiger partial charge in [-0.15, -0.1) is 0 Å². The Balaban J connectivity index is 1.98. The lowest BCUT2D eigenvalue weighted by molar-refractivity contribution is 0.0934. The van der Waals surface area contributed by atoms with Crippen molar-refractivity contribution in [2.45, 2.75) is 19.3 Å². The molecule has 2 atom stereocenters. The molecule has 1 saturated carbocycles. The first kappa shape index (κ1) is 14.7. The summed E-state index contributed by atoms with van der Waals surface area (Å²) in [5.74, 6) is 0.742. The largest absolute Gasteiger partial charge is 0.507 e. The lowest BCUT2D eigenvalue weighted by Crippen LogP contribution is -2.31. The molecule has 0 radical (unpaired) electrons. The number of carbonyl (C=O) groups is 1. The Morgan fingerprint density at radius 3 is 2.85 bits per heavy atom. The number of aromatic hydroxyl groups is 1. The van der Waals surface area contributed by atoms with Crippen molar-refractivity contribution in [1.29, 1.82) is 0 Å². The topological polar surface area (TPSA) is 78.8 Å². The fourth-order valence-corrected chi connectivity index (χ4v) is 2.77. The number of ether oxygens (including phenoxy) is 1. The second-order valence-corrected chi connectivity index (χ2v) is 5.23. The van der Waals surface area contributed by atoms with Crippen molar-refractivity contribution in [2.24, 2.45) is 11.8 Å². The van der Waals surface area contributed by atoms with E-state index in [2.05, 4.69) is 5.32 Å². The second kappa shape index (κ2) is 6.61. The van der Waals surface area contributed by atoms with Crippen LogP contribution in [0, 0.1) is 11.8 Å². The first-order chi connectivity index (χ1) is 9.65. The van der Waals surface area contributed by atoms with Crippen LogP contribution in [0.1, 0.15) is 29.6 Å². The number of hydrogen-bond acceptors (Lipinski definition) is 4. The summed E-state index contributed by atoms with van der Waals surface area (Å²) in [6.07, 6.45) is 3.13. The van der Waals surface area contributed by atoms with Crippen LogP contribution in [0.5, 0.6) is 11.5 Å². The van der Waals surface area contributed by atoms with Crippen molar-refractivity contribution in [3.63, 3.8) is 0 Å². The van der Waals surface area contributed by atoms with E-state index in [0.717, 1.165) is 19.3 Å². The minimum absolute atomic E-state index is 0.0616. The van der Waals surface area contributed by atoms with E-state index in [1.54, 1.807) is 6.07 Å². The van der Waals surface area contributed by atoms with Crippen LogP contribution in [0.3, 0.4) is 0 Å². The monoisotopic (exact) mass is 279 g/mol. The van der Waals surface area contributed by atoms with Gasteiger partial charge in [0.15, 0.2) is 0 Å². The fraction of sp³-hybridized carbons (Fsp3) is 0.533. The summed E-state index contributed by atoms with van der Waals surface area (Å²) < 4.78 is 5.05. The molecule has 110 valence electrons. The number of aliphatic hydroxyl groups is 1. The van der Waals surface area contributed by atoms with Crippen LogP contribution in [-0.2, 0) is 0 Å². The van der Waals surface area contributed by atoms with E-state index >= 15 is 0 Å². The number of hydrogen-bond donors (Lipinski definition) is 3. The SMILES string of the molecule is COc1ccc(O)c(C(=O)NCC2CCCC2CO)c1. The standard InChI is InChI=1S/C15H21NO4/c1-20-12-5-6-14(18)13(7-12)15(19)16-8-10-3-2-4-11(10)9-17/h5-7,10-11,17-18H,2-4,8-9H2,1H3,(H,16,19). The predicted molar refractivity (Wildman–Crippen MR) is 74.9 cm³/mol. The lowest BCUT2D eigenvalue weighted by Gasteiger charge is -2.18. The first-order valence-corrected chi connectivity index (χ1v) is 6.91. The Bertz CT molecular complexity index is 475. The highest BCUT2D eigenvalue weighted by atomic mass is 16.5. The highest BCUT2D eigenvalue weighted by molar-refractivity contribution is 5.97. The van der Waals surface area contributed by atoms with E-state index in [4.69, 9.17) is 4.74 Å². The van der Waals surface area contributed by atoms with Crippen molar-refractivity contribution in [3.8, 4) is 11.5 Å². The molecule has 1 amide bonds. The zero-order valence-electron chi connectivity index (χ0n) is 11.6. The summed E-state index contributed by atoms with van der Waals surface area (Å²) in [6.45, 7) is 0.700. The van der Waals surface area contributed by atoms with E-state index < -0.39 is 0 Å². The molecule has 5 nitrogen and oxygen atoms in total. The van der Waals surface area contributed by atoms with Gasteiger partial charge in [0.2, 0.25) is 0 Å². The first-order valence-electron chi connectivity index (χ1n) is 6.91. The van der Waals surface area contributed by atoms with Crippen molar-refractivity contribution in [3.05, 3.63) is 23.8 Å². The molecular weight excluding hydrogens is 258 g/mol. The molecule has 0 heterocycles. The Kier molecular flexibility index (Phi) is 4.84. The van der Waals surface area contributed by atoms with Crippen LogP contribution in [0.2, 0.25) is 0 Å². The predicted octanol–water partition coefficient (Wildman–Crippen LogP) is 1.54. The molecule has 1 aromatic carbocycles. The van der Waals surface area contributed by atoms with Gasteiger partial charge >= 0.3 is 0 Å². The Morgan fingerprint density at radius 1 is 1.40 bits per heavy atom. The molecule has 3 N–H and O–H groups in total. The fourth-order valence-electron chi connectivity index (χ4n) is 2.77. The Labute approximate surface area is 118 Å². The Morgan fingerprint density at radius 2 is 2.15 bits per heavy atom. The average Bonchev–Trinajstić information content (AvgIpc) is 2.92. The summed E-state index contributed by atoms with van der Waals surface area (Å²) in [5, 5.41) is 21.8. The quantitative estimate of drug-likeness (QED) is 0.764.